The quantitative estimate of drug-likeness (QED) is 0.838. The minimum Gasteiger partial charge on any atom is -0.338 e. The van der Waals surface area contributed by atoms with Gasteiger partial charge < -0.3 is 4.90 Å². The molecule has 0 aromatic carbocycles. The van der Waals surface area contributed by atoms with Crippen molar-refractivity contribution in [1.29, 1.82) is 0 Å². The molecule has 1 amide bonds. The first-order chi connectivity index (χ1) is 12.0. The zero-order chi connectivity index (χ0) is 17.7. The maximum Gasteiger partial charge on any atom is 0.345 e. The molecular formula is C17H23N5O2S. The average Bonchev–Trinajstić information content (AvgIpc) is 3.31. The Kier molecular flexibility index (Phi) is 4.02. The smallest absolute Gasteiger partial charge is 0.338 e. The van der Waals surface area contributed by atoms with E-state index >= 15 is 0 Å². The van der Waals surface area contributed by atoms with Gasteiger partial charge in [0.1, 0.15) is 10.7 Å². The van der Waals surface area contributed by atoms with Crippen molar-refractivity contribution in [3.63, 3.8) is 0 Å². The summed E-state index contributed by atoms with van der Waals surface area (Å²) in [5, 5.41) is 5.42. The summed E-state index contributed by atoms with van der Waals surface area (Å²) < 4.78 is 3.34. The first-order valence-corrected chi connectivity index (χ1v) is 9.66. The van der Waals surface area contributed by atoms with Crippen molar-refractivity contribution in [2.45, 2.75) is 51.5 Å². The third kappa shape index (κ3) is 2.92. The molecule has 1 aliphatic carbocycles. The highest BCUT2D eigenvalue weighted by molar-refractivity contribution is 7.13. The molecule has 2 aromatic rings. The van der Waals surface area contributed by atoms with E-state index in [1.54, 1.807) is 7.05 Å². The molecule has 1 aliphatic heterocycles. The summed E-state index contributed by atoms with van der Waals surface area (Å²) in [7, 11) is 1.72. The minimum atomic E-state index is -0.00762. The van der Waals surface area contributed by atoms with Gasteiger partial charge in [0.05, 0.1) is 10.7 Å². The summed E-state index contributed by atoms with van der Waals surface area (Å²) in [5.74, 6) is 1.25. The van der Waals surface area contributed by atoms with Gasteiger partial charge in [0.2, 0.25) is 0 Å². The molecule has 0 bridgehead atoms. The number of carbonyl (C=O) groups is 1. The lowest BCUT2D eigenvalue weighted by atomic mass is 9.95. The van der Waals surface area contributed by atoms with Gasteiger partial charge in [-0.25, -0.2) is 14.5 Å². The second-order valence-electron chi connectivity index (χ2n) is 7.08. The number of aryl methyl sites for hydroxylation is 3. The van der Waals surface area contributed by atoms with Crippen LogP contribution in [0, 0.1) is 13.8 Å². The predicted octanol–water partition coefficient (Wildman–Crippen LogP) is 2.01. The number of thiazole rings is 1. The van der Waals surface area contributed by atoms with Crippen molar-refractivity contribution >= 4 is 17.2 Å². The summed E-state index contributed by atoms with van der Waals surface area (Å²) in [5.41, 5.74) is 0.814. The van der Waals surface area contributed by atoms with E-state index in [0.717, 1.165) is 47.1 Å². The Labute approximate surface area is 150 Å². The number of piperidine rings is 1. The lowest BCUT2D eigenvalue weighted by Gasteiger charge is -2.31. The Morgan fingerprint density at radius 1 is 1.16 bits per heavy atom. The van der Waals surface area contributed by atoms with Crippen LogP contribution in [0.15, 0.2) is 4.79 Å². The van der Waals surface area contributed by atoms with E-state index in [1.165, 1.54) is 16.0 Å². The van der Waals surface area contributed by atoms with Crippen molar-refractivity contribution in [2.24, 2.45) is 7.05 Å². The molecule has 25 heavy (non-hydrogen) atoms. The van der Waals surface area contributed by atoms with Crippen LogP contribution in [0.2, 0.25) is 0 Å². The highest BCUT2D eigenvalue weighted by atomic mass is 32.1. The molecule has 0 atom stereocenters. The summed E-state index contributed by atoms with van der Waals surface area (Å²) in [6, 6.07) is 0.332. The molecule has 2 fully saturated rings. The Hall–Kier alpha value is -1.96. The van der Waals surface area contributed by atoms with E-state index in [2.05, 4.69) is 10.1 Å². The second-order valence-corrected chi connectivity index (χ2v) is 8.28. The standard InChI is InChI=1S/C17H23N5O2S/c1-10-14(25-11(2)18-10)16(23)21-8-6-12(7-9-21)15-19-20(3)17(24)22(15)13-4-5-13/h12-13H,4-9H2,1-3H3. The lowest BCUT2D eigenvalue weighted by Crippen LogP contribution is -2.38. The Bertz CT molecular complexity index is 868. The molecule has 2 aliphatic rings. The lowest BCUT2D eigenvalue weighted by molar-refractivity contribution is 0.0714. The topological polar surface area (TPSA) is 73.0 Å². The van der Waals surface area contributed by atoms with E-state index in [0.29, 0.717) is 19.1 Å². The molecule has 8 heteroatoms. The van der Waals surface area contributed by atoms with Gasteiger partial charge in [-0.2, -0.15) is 5.10 Å². The fourth-order valence-corrected chi connectivity index (χ4v) is 4.55. The molecule has 134 valence electrons. The molecular weight excluding hydrogens is 338 g/mol. The van der Waals surface area contributed by atoms with Crippen LogP contribution < -0.4 is 5.69 Å². The van der Waals surface area contributed by atoms with Crippen molar-refractivity contribution in [3.05, 3.63) is 31.9 Å². The molecule has 0 N–H and O–H groups in total. The molecule has 7 nitrogen and oxygen atoms in total. The molecule has 0 radical (unpaired) electrons. The number of carbonyl (C=O) groups excluding carboxylic acids is 1. The number of aromatic nitrogens is 4. The summed E-state index contributed by atoms with van der Waals surface area (Å²) >= 11 is 1.47. The molecule has 1 saturated heterocycles. The first-order valence-electron chi connectivity index (χ1n) is 8.84. The van der Waals surface area contributed by atoms with Crippen molar-refractivity contribution < 1.29 is 4.79 Å². The number of hydrogen-bond donors (Lipinski definition) is 0. The van der Waals surface area contributed by atoms with Gasteiger partial charge in [0.25, 0.3) is 5.91 Å². The summed E-state index contributed by atoms with van der Waals surface area (Å²) in [4.78, 5) is 32.1. The van der Waals surface area contributed by atoms with E-state index in [9.17, 15) is 9.59 Å². The number of amides is 1. The Morgan fingerprint density at radius 2 is 1.84 bits per heavy atom. The van der Waals surface area contributed by atoms with Crippen LogP contribution in [0.5, 0.6) is 0 Å². The van der Waals surface area contributed by atoms with Gasteiger partial charge in [0.15, 0.2) is 0 Å². The molecule has 2 aromatic heterocycles. The van der Waals surface area contributed by atoms with Crippen LogP contribution in [0.4, 0.5) is 0 Å². The highest BCUT2D eigenvalue weighted by Crippen LogP contribution is 2.37. The monoisotopic (exact) mass is 361 g/mol. The molecule has 3 heterocycles. The fourth-order valence-electron chi connectivity index (χ4n) is 3.67. The van der Waals surface area contributed by atoms with E-state index < -0.39 is 0 Å². The Balaban J connectivity index is 1.49. The number of hydrogen-bond acceptors (Lipinski definition) is 5. The van der Waals surface area contributed by atoms with Crippen LogP contribution in [0.3, 0.4) is 0 Å². The van der Waals surface area contributed by atoms with E-state index in [1.807, 2.05) is 23.3 Å². The third-order valence-electron chi connectivity index (χ3n) is 5.14. The van der Waals surface area contributed by atoms with Crippen molar-refractivity contribution in [2.75, 3.05) is 13.1 Å². The second kappa shape index (κ2) is 6.09. The van der Waals surface area contributed by atoms with Crippen LogP contribution in [-0.2, 0) is 7.05 Å². The van der Waals surface area contributed by atoms with Crippen molar-refractivity contribution in [3.8, 4) is 0 Å². The average molecular weight is 361 g/mol. The third-order valence-corrected chi connectivity index (χ3v) is 6.20. The fraction of sp³-hybridized carbons (Fsp3) is 0.647. The maximum absolute atomic E-state index is 12.7. The van der Waals surface area contributed by atoms with Crippen molar-refractivity contribution in [1.82, 2.24) is 24.2 Å². The molecule has 0 spiro atoms. The number of nitrogens with zero attached hydrogens (tertiary/aromatic N) is 5. The summed E-state index contributed by atoms with van der Waals surface area (Å²) in [6.45, 7) is 5.23. The first kappa shape index (κ1) is 16.5. The van der Waals surface area contributed by atoms with Gasteiger partial charge in [-0.05, 0) is 39.5 Å². The zero-order valence-electron chi connectivity index (χ0n) is 14.9. The van der Waals surface area contributed by atoms with Gasteiger partial charge >= 0.3 is 5.69 Å². The maximum atomic E-state index is 12.7. The number of rotatable bonds is 3. The SMILES string of the molecule is Cc1nc(C)c(C(=O)N2CCC(c3nn(C)c(=O)n3C3CC3)CC2)s1. The van der Waals surface area contributed by atoms with Gasteiger partial charge in [-0.3, -0.25) is 9.36 Å². The Morgan fingerprint density at radius 3 is 2.40 bits per heavy atom. The minimum absolute atomic E-state index is 0.00762. The molecule has 1 saturated carbocycles. The van der Waals surface area contributed by atoms with Crippen LogP contribution in [0.25, 0.3) is 0 Å². The van der Waals surface area contributed by atoms with Gasteiger partial charge in [-0.1, -0.05) is 0 Å². The number of likely N-dealkylation sites (tertiary alicyclic amines) is 1. The van der Waals surface area contributed by atoms with Crippen LogP contribution in [-0.4, -0.2) is 43.2 Å². The van der Waals surface area contributed by atoms with E-state index in [4.69, 9.17) is 0 Å². The van der Waals surface area contributed by atoms with E-state index in [-0.39, 0.29) is 17.5 Å². The van der Waals surface area contributed by atoms with Crippen LogP contribution >= 0.6 is 11.3 Å². The normalized spacial score (nSPS) is 18.8. The molecule has 4 rings (SSSR count). The van der Waals surface area contributed by atoms with Crippen LogP contribution in [0.1, 0.15) is 63.8 Å². The molecule has 0 unspecified atom stereocenters. The van der Waals surface area contributed by atoms with Gasteiger partial charge in [-0.15, -0.1) is 11.3 Å². The predicted molar refractivity (Wildman–Crippen MR) is 95.2 cm³/mol. The largest absolute Gasteiger partial charge is 0.345 e. The zero-order valence-corrected chi connectivity index (χ0v) is 15.7. The van der Waals surface area contributed by atoms with Gasteiger partial charge in [0, 0.05) is 32.1 Å². The summed E-state index contributed by atoms with van der Waals surface area (Å²) in [6.07, 6.45) is 3.84. The highest BCUT2D eigenvalue weighted by Gasteiger charge is 2.34.